The summed E-state index contributed by atoms with van der Waals surface area (Å²) in [5.74, 6) is -0.655. The number of carbonyl (C=O) groups is 2. The Morgan fingerprint density at radius 3 is 2.85 bits per heavy atom. The fraction of sp³-hybridized carbons (Fsp3) is 0.263. The van der Waals surface area contributed by atoms with Crippen LogP contribution < -0.4 is 5.32 Å². The molecule has 0 spiro atoms. The Bertz CT molecular complexity index is 1040. The molecule has 1 unspecified atom stereocenters. The molecule has 1 amide bonds. The van der Waals surface area contributed by atoms with E-state index < -0.39 is 5.97 Å². The van der Waals surface area contributed by atoms with Crippen LogP contribution in [0.1, 0.15) is 45.1 Å². The Hall–Kier alpha value is -3.42. The molecule has 8 nitrogen and oxygen atoms in total. The van der Waals surface area contributed by atoms with E-state index in [-0.39, 0.29) is 23.9 Å². The summed E-state index contributed by atoms with van der Waals surface area (Å²) >= 11 is 0. The van der Waals surface area contributed by atoms with Crippen molar-refractivity contribution in [2.75, 3.05) is 12.4 Å². The fourth-order valence-electron chi connectivity index (χ4n) is 3.75. The first-order valence-corrected chi connectivity index (χ1v) is 8.57. The van der Waals surface area contributed by atoms with Crippen molar-refractivity contribution in [3.8, 4) is 5.69 Å². The first kappa shape index (κ1) is 17.0. The van der Waals surface area contributed by atoms with E-state index >= 15 is 0 Å². The maximum absolute atomic E-state index is 12.3. The number of hydrogen-bond donors (Lipinski definition) is 2. The monoisotopic (exact) mass is 365 g/mol. The van der Waals surface area contributed by atoms with E-state index in [4.69, 9.17) is 4.74 Å². The Kier molecular flexibility index (Phi) is 4.02. The van der Waals surface area contributed by atoms with Crippen LogP contribution in [0.25, 0.3) is 5.69 Å². The van der Waals surface area contributed by atoms with Gasteiger partial charge in [-0.05, 0) is 31.0 Å². The van der Waals surface area contributed by atoms with Crippen LogP contribution in [0, 0.1) is 13.8 Å². The second-order valence-electron chi connectivity index (χ2n) is 6.63. The second kappa shape index (κ2) is 6.39. The Labute approximate surface area is 155 Å². The molecule has 27 heavy (non-hydrogen) atoms. The lowest BCUT2D eigenvalue weighted by Crippen LogP contribution is -2.25. The van der Waals surface area contributed by atoms with Gasteiger partial charge < -0.3 is 10.1 Å². The third-order valence-electron chi connectivity index (χ3n) is 4.77. The zero-order valence-corrected chi connectivity index (χ0v) is 15.2. The van der Waals surface area contributed by atoms with Crippen LogP contribution in [0.3, 0.4) is 0 Å². The van der Waals surface area contributed by atoms with Crippen LogP contribution >= 0.6 is 0 Å². The number of nitrogens with zero attached hydrogens (tertiary/aromatic N) is 3. The molecule has 1 aliphatic heterocycles. The number of aromatic nitrogens is 4. The summed E-state index contributed by atoms with van der Waals surface area (Å²) in [5.41, 5.74) is 4.80. The molecular formula is C19H19N5O3. The molecule has 0 saturated carbocycles. The number of carbonyl (C=O) groups excluding carboxylic acids is 2. The lowest BCUT2D eigenvalue weighted by molar-refractivity contribution is -0.116. The topological polar surface area (TPSA) is 102 Å². The van der Waals surface area contributed by atoms with Gasteiger partial charge >= 0.3 is 5.97 Å². The molecule has 1 aromatic carbocycles. The highest BCUT2D eigenvalue weighted by molar-refractivity contribution is 5.99. The van der Waals surface area contributed by atoms with E-state index in [1.807, 2.05) is 32.2 Å². The summed E-state index contributed by atoms with van der Waals surface area (Å²) in [6.07, 6.45) is 3.77. The van der Waals surface area contributed by atoms with Crippen molar-refractivity contribution in [3.05, 3.63) is 58.5 Å². The summed E-state index contributed by atoms with van der Waals surface area (Å²) in [6, 6.07) is 5.95. The van der Waals surface area contributed by atoms with Gasteiger partial charge in [-0.2, -0.15) is 10.2 Å². The zero-order chi connectivity index (χ0) is 19.1. The highest BCUT2D eigenvalue weighted by Crippen LogP contribution is 2.41. The number of methoxy groups -OCH3 is 1. The molecule has 3 aromatic rings. The van der Waals surface area contributed by atoms with Crippen molar-refractivity contribution in [2.45, 2.75) is 26.2 Å². The number of ether oxygens (including phenoxy) is 1. The van der Waals surface area contributed by atoms with Crippen molar-refractivity contribution in [2.24, 2.45) is 0 Å². The maximum atomic E-state index is 12.3. The molecule has 4 rings (SSSR count). The van der Waals surface area contributed by atoms with Gasteiger partial charge in [-0.1, -0.05) is 17.7 Å². The number of nitrogens with one attached hydrogen (secondary N) is 2. The van der Waals surface area contributed by atoms with Crippen LogP contribution in [-0.2, 0) is 9.53 Å². The molecule has 0 bridgehead atoms. The van der Waals surface area contributed by atoms with E-state index in [1.54, 1.807) is 10.9 Å². The van der Waals surface area contributed by atoms with E-state index in [2.05, 4.69) is 26.7 Å². The van der Waals surface area contributed by atoms with Crippen LogP contribution in [0.5, 0.6) is 0 Å². The minimum absolute atomic E-state index is 0.152. The number of fused-ring (bicyclic) bond motifs is 1. The number of aryl methyl sites for hydroxylation is 2. The van der Waals surface area contributed by atoms with E-state index in [0.29, 0.717) is 11.4 Å². The third-order valence-corrected chi connectivity index (χ3v) is 4.77. The number of amides is 1. The highest BCUT2D eigenvalue weighted by Gasteiger charge is 2.35. The van der Waals surface area contributed by atoms with Gasteiger partial charge in [0.25, 0.3) is 0 Å². The van der Waals surface area contributed by atoms with Gasteiger partial charge in [0.15, 0.2) is 5.82 Å². The van der Waals surface area contributed by atoms with Gasteiger partial charge in [0.2, 0.25) is 5.91 Å². The number of H-pyrrole nitrogens is 1. The molecule has 2 N–H and O–H groups in total. The summed E-state index contributed by atoms with van der Waals surface area (Å²) in [4.78, 5) is 24.6. The molecule has 0 fully saturated rings. The number of aromatic amines is 1. The van der Waals surface area contributed by atoms with E-state index in [9.17, 15) is 9.59 Å². The molecule has 1 aliphatic rings. The molecule has 8 heteroatoms. The number of esters is 1. The van der Waals surface area contributed by atoms with Crippen LogP contribution in [0.2, 0.25) is 0 Å². The van der Waals surface area contributed by atoms with Crippen molar-refractivity contribution in [3.63, 3.8) is 0 Å². The zero-order valence-electron chi connectivity index (χ0n) is 15.2. The predicted molar refractivity (Wildman–Crippen MR) is 98.1 cm³/mol. The van der Waals surface area contributed by atoms with Crippen LogP contribution in [0.4, 0.5) is 5.82 Å². The normalized spacial score (nSPS) is 16.0. The molecular weight excluding hydrogens is 346 g/mol. The van der Waals surface area contributed by atoms with E-state index in [0.717, 1.165) is 22.4 Å². The molecule has 138 valence electrons. The maximum Gasteiger partial charge on any atom is 0.356 e. The van der Waals surface area contributed by atoms with E-state index in [1.165, 1.54) is 7.11 Å². The molecule has 3 heterocycles. The van der Waals surface area contributed by atoms with Gasteiger partial charge in [0, 0.05) is 30.3 Å². The molecule has 0 saturated heterocycles. The Balaban J connectivity index is 1.97. The van der Waals surface area contributed by atoms with Gasteiger partial charge in [0.05, 0.1) is 12.8 Å². The fourth-order valence-corrected chi connectivity index (χ4v) is 3.75. The van der Waals surface area contributed by atoms with Crippen molar-refractivity contribution in [1.29, 1.82) is 0 Å². The SMILES string of the molecule is COC(=O)c1[nH]nc2c1C(c1cc(C)cc(C)c1-n1cccn1)CC(=O)N2. The average molecular weight is 365 g/mol. The van der Waals surface area contributed by atoms with Crippen LogP contribution in [0.15, 0.2) is 30.6 Å². The largest absolute Gasteiger partial charge is 0.464 e. The smallest absolute Gasteiger partial charge is 0.356 e. The molecule has 2 aromatic heterocycles. The number of anilines is 1. The summed E-state index contributed by atoms with van der Waals surface area (Å²) in [7, 11) is 1.32. The summed E-state index contributed by atoms with van der Waals surface area (Å²) < 4.78 is 6.67. The third kappa shape index (κ3) is 2.79. The Morgan fingerprint density at radius 2 is 2.15 bits per heavy atom. The van der Waals surface area contributed by atoms with Gasteiger partial charge in [0.1, 0.15) is 5.69 Å². The van der Waals surface area contributed by atoms with Crippen molar-refractivity contribution < 1.29 is 14.3 Å². The molecule has 0 radical (unpaired) electrons. The van der Waals surface area contributed by atoms with Crippen LogP contribution in [-0.4, -0.2) is 39.0 Å². The van der Waals surface area contributed by atoms with Gasteiger partial charge in [-0.25, -0.2) is 9.48 Å². The minimum atomic E-state index is -0.519. The second-order valence-corrected chi connectivity index (χ2v) is 6.63. The first-order chi connectivity index (χ1) is 13.0. The molecule has 0 aliphatic carbocycles. The quantitative estimate of drug-likeness (QED) is 0.694. The van der Waals surface area contributed by atoms with Gasteiger partial charge in [-0.3, -0.25) is 9.89 Å². The van der Waals surface area contributed by atoms with Crippen molar-refractivity contribution in [1.82, 2.24) is 20.0 Å². The number of benzene rings is 1. The number of hydrogen-bond acceptors (Lipinski definition) is 5. The minimum Gasteiger partial charge on any atom is -0.464 e. The summed E-state index contributed by atoms with van der Waals surface area (Å²) in [5, 5.41) is 13.9. The molecule has 1 atom stereocenters. The lowest BCUT2D eigenvalue weighted by Gasteiger charge is -2.26. The first-order valence-electron chi connectivity index (χ1n) is 8.57. The Morgan fingerprint density at radius 1 is 1.33 bits per heavy atom. The van der Waals surface area contributed by atoms with Crippen molar-refractivity contribution >= 4 is 17.7 Å². The highest BCUT2D eigenvalue weighted by atomic mass is 16.5. The predicted octanol–water partition coefficient (Wildman–Crippen LogP) is 2.47. The average Bonchev–Trinajstić information content (AvgIpc) is 3.29. The lowest BCUT2D eigenvalue weighted by atomic mass is 9.83. The van der Waals surface area contributed by atoms with Gasteiger partial charge in [-0.15, -0.1) is 0 Å². The summed E-state index contributed by atoms with van der Waals surface area (Å²) in [6.45, 7) is 4.01. The number of rotatable bonds is 3. The standard InChI is InChI=1S/C19H19N5O3/c1-10-7-11(2)17(24-6-4-5-20-24)13(8-10)12-9-14(25)21-18-15(12)16(22-23-18)19(26)27-3/h4-8,12H,9H2,1-3H3,(H2,21,22,23,25).